The van der Waals surface area contributed by atoms with Crippen molar-refractivity contribution in [3.8, 4) is 5.75 Å². The third-order valence-corrected chi connectivity index (χ3v) is 28.4. The van der Waals surface area contributed by atoms with Crippen LogP contribution in [0.15, 0.2) is 142 Å². The van der Waals surface area contributed by atoms with Crippen LogP contribution in [-0.2, 0) is 86.1 Å². The van der Waals surface area contributed by atoms with Crippen molar-refractivity contribution in [2.24, 2.45) is 5.92 Å². The van der Waals surface area contributed by atoms with Gasteiger partial charge in [0.2, 0.25) is 47.3 Å². The van der Waals surface area contributed by atoms with Crippen LogP contribution in [0, 0.1) is 18.7 Å². The van der Waals surface area contributed by atoms with Gasteiger partial charge in [0.05, 0.1) is 74.7 Å². The van der Waals surface area contributed by atoms with E-state index < -0.39 is 23.8 Å². The van der Waals surface area contributed by atoms with Crippen molar-refractivity contribution < 1.29 is 88.9 Å². The number of benzene rings is 4. The van der Waals surface area contributed by atoms with E-state index in [4.69, 9.17) is 34.6 Å². The van der Waals surface area contributed by atoms with Crippen LogP contribution in [0.5, 0.6) is 5.75 Å². The molecular weight excluding hydrogens is 1940 g/mol. The van der Waals surface area contributed by atoms with Crippen molar-refractivity contribution in [1.82, 2.24) is 49.2 Å². The summed E-state index contributed by atoms with van der Waals surface area (Å²) in [4.78, 5) is 136. The molecule has 4 aromatic heterocycles. The summed E-state index contributed by atoms with van der Waals surface area (Å²) in [6, 6.07) is 33.4. The Hall–Kier alpha value is -10.6. The number of oxazole rings is 1. The van der Waals surface area contributed by atoms with Gasteiger partial charge in [0.25, 0.3) is 0 Å². The number of carbonyl (C=O) groups excluding carboxylic acids is 9. The molecule has 0 radical (unpaired) electrons. The molecule has 25 nitrogen and oxygen atoms in total. The standard InChI is InChI=1S/C18H25NO3.C16H17F3N2O2.C16H22FNO3.C16H19NO2.C14H25NO.C13H17ClN2O.C13H19NOS.C12H21NO2/c1-4-10-19(16-8-9-16)17(20)12-14-6-5-7-15(11-14)18(21)22-13(2)3;1-2-7-21(11-4-5-11)14(22)9-10-3-6-12-13(8-10)23-15(20-12)16(17,18)19;1-3-8-18(12-5-6-12)16(20)14(10-19)13-7-4-11(17)9-15(13)21-2;1-2-8-17(14-5-6-14)16(18)11-12-3-4-13-7-9-19-15(13)10-12;1-4-11-15(13-8-9-13)14(16)10-7-12(5-2)6-3;1-2-5-16(12-3-4-12)13(17)7-10-6-11(14)9-15-8-10;1-3-8-14(11-5-6-11)13(15)9-12-7-4-10(2)16-12;1-2-6-13(11-3-4-11)12(14)8-10-5-7-15-9-10/h5-7,11,13,16H,4,8-10,12H2,1-3H3;3,6,8,11H,2,4-5,7,9H2,1H3;4,7,9,12,14,19H,3,5-6,8,10H2,1-2H3;3-4,7,9-10,14H,2,5-6,8,11H2,1H3;7,13H,4-6,8-11H2,1-3H3;6,8-9,12H,2-5,7H2,1H3;4,7,11H,3,5-6,8-9H2,1-2H3;10-11H,2-9H2,1H3. The summed E-state index contributed by atoms with van der Waals surface area (Å²) in [5.74, 6) is -0.461. The molecule has 149 heavy (non-hydrogen) atoms. The number of thiophene rings is 1. The Kier molecular flexibility index (Phi) is 49.4. The topological polar surface area (TPSA) is 280 Å². The Morgan fingerprint density at radius 3 is 1.36 bits per heavy atom. The molecule has 8 amide bonds. The average molecular weight is 2110 g/mol. The third kappa shape index (κ3) is 40.5. The van der Waals surface area contributed by atoms with Crippen LogP contribution in [0.1, 0.15) is 329 Å². The Morgan fingerprint density at radius 2 is 0.940 bits per heavy atom. The van der Waals surface area contributed by atoms with Crippen LogP contribution in [0.2, 0.25) is 5.02 Å². The van der Waals surface area contributed by atoms with Gasteiger partial charge in [-0.05, 0) is 283 Å². The number of aryl methyl sites for hydroxylation is 1. The molecule has 8 aliphatic carbocycles. The second kappa shape index (κ2) is 61.2. The summed E-state index contributed by atoms with van der Waals surface area (Å²) < 4.78 is 76.9. The van der Waals surface area contributed by atoms with Crippen molar-refractivity contribution in [3.05, 3.63) is 193 Å². The van der Waals surface area contributed by atoms with E-state index in [0.717, 1.165) is 202 Å². The van der Waals surface area contributed by atoms with Gasteiger partial charge in [-0.1, -0.05) is 129 Å². The van der Waals surface area contributed by atoms with Crippen LogP contribution in [-0.4, -0.2) is 241 Å². The predicted molar refractivity (Wildman–Crippen MR) is 579 cm³/mol. The SMILES string of the molecule is CCCN(C(=O)C(CO)c1ccc(F)cc1OC)C1CC1.CCCN(C(=O)CC1CCOC1)C1CC1.CCCN(C(=O)CC=C(CC)CC)C1CC1.CCCN(C(=O)Cc1ccc(C)s1)C1CC1.CCCN(C(=O)Cc1ccc2ccoc2c1)C1CC1.CCCN(C(=O)Cc1ccc2nc(C(F)(F)F)oc2c1)C1CC1.CCCN(C(=O)Cc1cccc(C(=O)OC(C)C)c1)C1CC1.CCCN(C(=O)Cc1cncc(Cl)c1)C1CC1. The molecule has 8 saturated carbocycles. The highest BCUT2D eigenvalue weighted by atomic mass is 35.5. The Morgan fingerprint density at radius 1 is 0.497 bits per heavy atom. The number of rotatable bonds is 46. The summed E-state index contributed by atoms with van der Waals surface area (Å²) in [7, 11) is 1.43. The van der Waals surface area contributed by atoms with Crippen molar-refractivity contribution >= 4 is 98.2 Å². The molecule has 9 fully saturated rings. The Bertz CT molecular complexity index is 5570. The van der Waals surface area contributed by atoms with Gasteiger partial charge in [0, 0.05) is 166 Å². The number of furan rings is 1. The number of aliphatic hydroxyl groups is 1. The number of amides is 8. The first kappa shape index (κ1) is 120. The molecule has 0 bridgehead atoms. The minimum absolute atomic E-state index is 0.00394. The Balaban J connectivity index is 0.000000175. The molecule has 0 spiro atoms. The summed E-state index contributed by atoms with van der Waals surface area (Å²) in [5, 5.41) is 11.3. The van der Waals surface area contributed by atoms with Gasteiger partial charge < -0.3 is 67.4 Å². The lowest BCUT2D eigenvalue weighted by Crippen LogP contribution is -2.38. The predicted octanol–water partition coefficient (Wildman–Crippen LogP) is 23.7. The molecule has 1 saturated heterocycles. The van der Waals surface area contributed by atoms with Gasteiger partial charge in [0.1, 0.15) is 22.7 Å². The third-order valence-electron chi connectivity index (χ3n) is 27.2. The molecule has 31 heteroatoms. The number of alkyl halides is 3. The normalized spacial score (nSPS) is 15.9. The monoisotopic (exact) mass is 2110 g/mol. The number of aromatic nitrogens is 2. The van der Waals surface area contributed by atoms with Crippen molar-refractivity contribution in [1.29, 1.82) is 0 Å². The molecular formula is C118H165ClF4N10O15S. The second-order valence-electron chi connectivity index (χ2n) is 41.0. The quantitative estimate of drug-likeness (QED) is 0.0211. The van der Waals surface area contributed by atoms with Crippen molar-refractivity contribution in [2.75, 3.05) is 79.3 Å². The number of nitrogens with zero attached hydrogens (tertiary/aromatic N) is 10. The van der Waals surface area contributed by atoms with Crippen molar-refractivity contribution in [2.45, 2.75) is 375 Å². The molecule has 17 rings (SSSR count). The number of esters is 1. The number of ether oxygens (including phenoxy) is 3. The lowest BCUT2D eigenvalue weighted by atomic mass is 9.97. The fourth-order valence-electron chi connectivity index (χ4n) is 18.4. The highest BCUT2D eigenvalue weighted by molar-refractivity contribution is 7.12. The number of methoxy groups -OCH3 is 1. The van der Waals surface area contributed by atoms with E-state index in [9.17, 15) is 65.8 Å². The maximum Gasteiger partial charge on any atom is 0.468 e. The summed E-state index contributed by atoms with van der Waals surface area (Å²) >= 11 is 7.59. The number of hydrogen-bond donors (Lipinski definition) is 1. The molecule has 8 aromatic rings. The van der Waals surface area contributed by atoms with Gasteiger partial charge in [-0.2, -0.15) is 13.2 Å². The largest absolute Gasteiger partial charge is 0.496 e. The molecule has 2 unspecified atom stereocenters. The highest BCUT2D eigenvalue weighted by Crippen LogP contribution is 2.39. The van der Waals surface area contributed by atoms with E-state index in [1.54, 1.807) is 54.3 Å². The van der Waals surface area contributed by atoms with Crippen LogP contribution in [0.25, 0.3) is 22.1 Å². The van der Waals surface area contributed by atoms with E-state index in [0.29, 0.717) is 145 Å². The fraction of sp³-hybridized carbons (Fsp3) is 0.602. The molecule has 1 aliphatic heterocycles. The molecule has 4 aromatic carbocycles. The number of carbonyl (C=O) groups is 9. The van der Waals surface area contributed by atoms with Gasteiger partial charge in [-0.3, -0.25) is 43.3 Å². The lowest BCUT2D eigenvalue weighted by molar-refractivity contribution is -0.156. The van der Waals surface area contributed by atoms with E-state index >= 15 is 0 Å². The first-order valence-corrected chi connectivity index (χ1v) is 56.4. The van der Waals surface area contributed by atoms with Gasteiger partial charge in [0.15, 0.2) is 5.58 Å². The first-order chi connectivity index (χ1) is 71.7. The number of fused-ring (bicyclic) bond motifs is 2. The Labute approximate surface area is 890 Å². The van der Waals surface area contributed by atoms with E-state index in [1.165, 1.54) is 104 Å². The first-order valence-electron chi connectivity index (χ1n) is 55.2. The van der Waals surface area contributed by atoms with E-state index in [1.807, 2.05) is 88.6 Å². The minimum atomic E-state index is -4.61. The van der Waals surface area contributed by atoms with E-state index in [2.05, 4.69) is 105 Å². The van der Waals surface area contributed by atoms with Gasteiger partial charge >= 0.3 is 18.0 Å². The van der Waals surface area contributed by atoms with Crippen molar-refractivity contribution in [3.63, 3.8) is 0 Å². The lowest BCUT2D eigenvalue weighted by Gasteiger charge is -2.27. The minimum Gasteiger partial charge on any atom is -0.496 e. The number of aliphatic hydroxyl groups excluding tert-OH is 1. The van der Waals surface area contributed by atoms with Crippen LogP contribution < -0.4 is 4.74 Å². The zero-order valence-electron chi connectivity index (χ0n) is 90.7. The summed E-state index contributed by atoms with van der Waals surface area (Å²) in [5.41, 5.74) is 6.93. The maximum atomic E-state index is 13.3. The highest BCUT2D eigenvalue weighted by Gasteiger charge is 2.42. The van der Waals surface area contributed by atoms with E-state index in [-0.39, 0.29) is 71.8 Å². The van der Waals surface area contributed by atoms with Crippen LogP contribution in [0.4, 0.5) is 17.6 Å². The fourth-order valence-corrected chi connectivity index (χ4v) is 19.5. The van der Waals surface area contributed by atoms with Crippen LogP contribution >= 0.6 is 22.9 Å². The molecule has 818 valence electrons. The number of pyridine rings is 1. The molecule has 2 atom stereocenters. The second-order valence-corrected chi connectivity index (χ2v) is 42.8. The van der Waals surface area contributed by atoms with Crippen LogP contribution in [0.3, 0.4) is 0 Å². The molecule has 9 aliphatic rings. The number of allylic oxidation sites excluding steroid dienone is 1. The zero-order valence-corrected chi connectivity index (χ0v) is 92.3. The van der Waals surface area contributed by atoms with Gasteiger partial charge in [-0.25, -0.2) is 14.2 Å². The zero-order chi connectivity index (χ0) is 108. The van der Waals surface area contributed by atoms with Gasteiger partial charge in [-0.15, -0.1) is 11.3 Å². The maximum absolute atomic E-state index is 13.3. The smallest absolute Gasteiger partial charge is 0.468 e. The molecule has 5 heterocycles. The number of halogens is 5. The number of hydrogen-bond acceptors (Lipinski definition) is 18. The summed E-state index contributed by atoms with van der Waals surface area (Å²) in [6.45, 7) is 34.9. The molecule has 1 N–H and O–H groups in total. The summed E-state index contributed by atoms with van der Waals surface area (Å²) in [6.07, 6.45) is 35.1. The average Bonchev–Trinajstić information content (AvgIpc) is 1.61.